The van der Waals surface area contributed by atoms with Crippen LogP contribution in [0.2, 0.25) is 0 Å². The summed E-state index contributed by atoms with van der Waals surface area (Å²) in [5.74, 6) is 0.634. The van der Waals surface area contributed by atoms with E-state index in [1.54, 1.807) is 0 Å². The number of rotatable bonds is 6. The van der Waals surface area contributed by atoms with Gasteiger partial charge in [0.25, 0.3) is 0 Å². The van der Waals surface area contributed by atoms with Crippen molar-refractivity contribution in [1.29, 1.82) is 5.26 Å². The summed E-state index contributed by atoms with van der Waals surface area (Å²) in [5.41, 5.74) is 5.89. The molecule has 0 amide bonds. The van der Waals surface area contributed by atoms with E-state index in [-0.39, 0.29) is 6.10 Å². The normalized spacial score (nSPS) is 13.9. The van der Waals surface area contributed by atoms with E-state index < -0.39 is 0 Å². The Morgan fingerprint density at radius 1 is 1.09 bits per heavy atom. The van der Waals surface area contributed by atoms with E-state index in [0.29, 0.717) is 11.4 Å². The number of hydrogen-bond donors (Lipinski definition) is 3. The molecule has 3 heterocycles. The Balaban J connectivity index is 0.000000398. The summed E-state index contributed by atoms with van der Waals surface area (Å²) in [5, 5.41) is 22.7. The van der Waals surface area contributed by atoms with Gasteiger partial charge in [-0.05, 0) is 43.7 Å². The number of aromatic nitrogens is 3. The lowest BCUT2D eigenvalue weighted by Gasteiger charge is -2.27. The van der Waals surface area contributed by atoms with Crippen LogP contribution in [0.4, 0.5) is 5.69 Å². The molecule has 0 bridgehead atoms. The summed E-state index contributed by atoms with van der Waals surface area (Å²) >= 11 is 0. The third-order valence-electron chi connectivity index (χ3n) is 5.50. The molecule has 0 radical (unpaired) electrons. The molecule has 3 N–H and O–H groups in total. The van der Waals surface area contributed by atoms with Gasteiger partial charge in [0, 0.05) is 29.6 Å². The third kappa shape index (κ3) is 6.21. The molecule has 2 aromatic carbocycles. The van der Waals surface area contributed by atoms with Crippen molar-refractivity contribution in [3.8, 4) is 23.1 Å². The predicted octanol–water partition coefficient (Wildman–Crippen LogP) is 4.34. The fraction of sp³-hybridized carbons (Fsp3) is 0.222. The molecule has 7 nitrogen and oxygen atoms in total. The molecule has 0 aliphatic carbocycles. The number of benzene rings is 2. The smallest absolute Gasteiger partial charge is 0.237 e. The number of fused-ring (bicyclic) bond motifs is 1. The zero-order valence-electron chi connectivity index (χ0n) is 19.2. The topological polar surface area (TPSA) is 98.6 Å². The summed E-state index contributed by atoms with van der Waals surface area (Å²) in [7, 11) is 0. The minimum atomic E-state index is 0.0301. The molecule has 0 saturated heterocycles. The molecule has 0 fully saturated rings. The highest BCUT2D eigenvalue weighted by Crippen LogP contribution is 2.31. The van der Waals surface area contributed by atoms with E-state index in [9.17, 15) is 0 Å². The first-order valence-corrected chi connectivity index (χ1v) is 11.3. The number of anilines is 1. The van der Waals surface area contributed by atoms with Crippen LogP contribution in [0.1, 0.15) is 16.8 Å². The number of pyridine rings is 1. The Morgan fingerprint density at radius 3 is 2.47 bits per heavy atom. The van der Waals surface area contributed by atoms with Crippen LogP contribution in [-0.2, 0) is 6.42 Å². The molecule has 0 spiro atoms. The summed E-state index contributed by atoms with van der Waals surface area (Å²) in [6, 6.07) is 23.9. The number of nitrogens with zero attached hydrogens (tertiary/aromatic N) is 3. The molecule has 5 rings (SSSR count). The molecule has 172 valence electrons. The maximum absolute atomic E-state index is 8.84. The van der Waals surface area contributed by atoms with Crippen LogP contribution in [0, 0.1) is 18.3 Å². The monoisotopic (exact) mass is 452 g/mol. The Labute approximate surface area is 199 Å². The second kappa shape index (κ2) is 11.6. The highest BCUT2D eigenvalue weighted by Gasteiger charge is 2.21. The number of ether oxygens (including phenoxy) is 1. The van der Waals surface area contributed by atoms with Gasteiger partial charge in [0.05, 0.1) is 30.1 Å². The lowest BCUT2D eigenvalue weighted by molar-refractivity contribution is 0.194. The van der Waals surface area contributed by atoms with Crippen molar-refractivity contribution in [3.05, 3.63) is 95.9 Å². The molecule has 4 aromatic rings. The lowest BCUT2D eigenvalue weighted by Crippen LogP contribution is -2.40. The van der Waals surface area contributed by atoms with Gasteiger partial charge in [0.15, 0.2) is 0 Å². The van der Waals surface area contributed by atoms with Gasteiger partial charge in [-0.25, -0.2) is 4.98 Å². The highest BCUT2D eigenvalue weighted by molar-refractivity contribution is 5.71. The van der Waals surface area contributed by atoms with Crippen molar-refractivity contribution in [2.45, 2.75) is 19.4 Å². The second-order valence-corrected chi connectivity index (χ2v) is 8.02. The van der Waals surface area contributed by atoms with E-state index in [4.69, 9.17) is 10.00 Å². The van der Waals surface area contributed by atoms with Gasteiger partial charge in [-0.2, -0.15) is 10.4 Å². The SMILES string of the molecule is Cc1[nH]ncc1-c1cnc2c(c1)NCC(CNCCc1ccc(C#N)cc1)O2.c1ccccc1. The molecule has 2 aromatic heterocycles. The Morgan fingerprint density at radius 2 is 1.82 bits per heavy atom. The molecule has 1 atom stereocenters. The van der Waals surface area contributed by atoms with E-state index in [1.807, 2.05) is 80.0 Å². The van der Waals surface area contributed by atoms with E-state index >= 15 is 0 Å². The second-order valence-electron chi connectivity index (χ2n) is 8.02. The molecule has 0 saturated carbocycles. The first-order valence-electron chi connectivity index (χ1n) is 11.3. The van der Waals surface area contributed by atoms with Gasteiger partial charge in [-0.1, -0.05) is 48.5 Å². The number of aryl methyl sites for hydroxylation is 1. The van der Waals surface area contributed by atoms with Crippen LogP contribution < -0.4 is 15.4 Å². The summed E-state index contributed by atoms with van der Waals surface area (Å²) in [4.78, 5) is 4.48. The lowest BCUT2D eigenvalue weighted by atomic mass is 10.1. The van der Waals surface area contributed by atoms with E-state index in [0.717, 1.165) is 48.6 Å². The maximum atomic E-state index is 8.84. The fourth-order valence-electron chi connectivity index (χ4n) is 3.63. The molecule has 1 aliphatic rings. The Hall–Kier alpha value is -4.15. The van der Waals surface area contributed by atoms with Crippen LogP contribution in [0.25, 0.3) is 11.1 Å². The summed E-state index contributed by atoms with van der Waals surface area (Å²) in [6.45, 7) is 4.31. The largest absolute Gasteiger partial charge is 0.470 e. The predicted molar refractivity (Wildman–Crippen MR) is 134 cm³/mol. The minimum Gasteiger partial charge on any atom is -0.470 e. The van der Waals surface area contributed by atoms with Crippen LogP contribution in [0.3, 0.4) is 0 Å². The van der Waals surface area contributed by atoms with Crippen molar-refractivity contribution in [3.63, 3.8) is 0 Å². The maximum Gasteiger partial charge on any atom is 0.237 e. The number of hydrogen-bond acceptors (Lipinski definition) is 6. The van der Waals surface area contributed by atoms with Crippen molar-refractivity contribution < 1.29 is 4.74 Å². The number of nitriles is 1. The quantitative estimate of drug-likeness (QED) is 0.376. The summed E-state index contributed by atoms with van der Waals surface area (Å²) in [6.07, 6.45) is 4.57. The van der Waals surface area contributed by atoms with Crippen molar-refractivity contribution in [2.24, 2.45) is 0 Å². The average Bonchev–Trinajstić information content (AvgIpc) is 3.34. The van der Waals surface area contributed by atoms with Gasteiger partial charge in [0.2, 0.25) is 5.88 Å². The number of aromatic amines is 1. The van der Waals surface area contributed by atoms with Crippen LogP contribution >= 0.6 is 0 Å². The Bertz CT molecular complexity index is 1190. The molecule has 1 aliphatic heterocycles. The summed E-state index contributed by atoms with van der Waals surface area (Å²) < 4.78 is 6.02. The first-order chi connectivity index (χ1) is 16.7. The van der Waals surface area contributed by atoms with Gasteiger partial charge in [0.1, 0.15) is 6.10 Å². The average molecular weight is 453 g/mol. The van der Waals surface area contributed by atoms with Crippen molar-refractivity contribution in [1.82, 2.24) is 20.5 Å². The van der Waals surface area contributed by atoms with Crippen molar-refractivity contribution >= 4 is 5.69 Å². The van der Waals surface area contributed by atoms with Crippen LogP contribution in [0.5, 0.6) is 5.88 Å². The van der Waals surface area contributed by atoms with E-state index in [1.165, 1.54) is 5.56 Å². The molecular formula is C27H28N6O. The van der Waals surface area contributed by atoms with Gasteiger partial charge in [-0.15, -0.1) is 0 Å². The standard InChI is InChI=1S/C21H22N6O.C6H6/c1-14-19(13-26-27-14)17-8-20-21(25-10-17)28-18(12-24-20)11-23-7-6-15-2-4-16(9-22)5-3-15;1-2-4-6-5-3-1/h2-5,8,10,13,18,23-24H,6-7,11-12H2,1H3,(H,26,27);1-6H. The van der Waals surface area contributed by atoms with Crippen LogP contribution in [-0.4, -0.2) is 40.9 Å². The third-order valence-corrected chi connectivity index (χ3v) is 5.50. The molecule has 34 heavy (non-hydrogen) atoms. The van der Waals surface area contributed by atoms with Crippen LogP contribution in [0.15, 0.2) is 79.1 Å². The zero-order chi connectivity index (χ0) is 23.6. The van der Waals surface area contributed by atoms with Gasteiger partial charge in [-0.3, -0.25) is 5.10 Å². The Kier molecular flexibility index (Phi) is 7.88. The number of nitrogens with one attached hydrogen (secondary N) is 3. The van der Waals surface area contributed by atoms with Gasteiger partial charge >= 0.3 is 0 Å². The highest BCUT2D eigenvalue weighted by atomic mass is 16.5. The molecule has 7 heteroatoms. The van der Waals surface area contributed by atoms with Crippen molar-refractivity contribution in [2.75, 3.05) is 25.0 Å². The van der Waals surface area contributed by atoms with Gasteiger partial charge < -0.3 is 15.4 Å². The fourth-order valence-corrected chi connectivity index (χ4v) is 3.63. The first kappa shape index (κ1) is 23.0. The zero-order valence-corrected chi connectivity index (χ0v) is 19.2. The number of H-pyrrole nitrogens is 1. The van der Waals surface area contributed by atoms with E-state index in [2.05, 4.69) is 38.0 Å². The molecule has 1 unspecified atom stereocenters. The molecular weight excluding hydrogens is 424 g/mol. The minimum absolute atomic E-state index is 0.0301.